The highest BCUT2D eigenvalue weighted by Crippen LogP contribution is 2.13. The van der Waals surface area contributed by atoms with Crippen LogP contribution in [0.4, 0.5) is 0 Å². The van der Waals surface area contributed by atoms with Crippen LogP contribution in [0.1, 0.15) is 58.4 Å². The number of aromatic hydroxyl groups is 1. The summed E-state index contributed by atoms with van der Waals surface area (Å²) < 4.78 is 0. The molecule has 1 aromatic rings. The lowest BCUT2D eigenvalue weighted by Gasteiger charge is -2.25. The van der Waals surface area contributed by atoms with Gasteiger partial charge in [0.2, 0.25) is 29.5 Å². The molecule has 0 saturated carbocycles. The number of hydrogen-bond donors (Lipinski definition) is 9. The van der Waals surface area contributed by atoms with Crippen molar-refractivity contribution < 1.29 is 39.0 Å². The normalized spacial score (nSPS) is 14.1. The average Bonchev–Trinajstić information content (AvgIpc) is 2.99. The van der Waals surface area contributed by atoms with E-state index in [9.17, 15) is 39.0 Å². The van der Waals surface area contributed by atoms with Crippen molar-refractivity contribution in [1.29, 1.82) is 0 Å². The van der Waals surface area contributed by atoms with Gasteiger partial charge in [-0.3, -0.25) is 24.0 Å². The monoisotopic (exact) mass is 647 g/mol. The van der Waals surface area contributed by atoms with Crippen LogP contribution in [0.15, 0.2) is 36.9 Å². The Balaban J connectivity index is 3.02. The number of nitrogens with one attached hydrogen (secondary N) is 5. The van der Waals surface area contributed by atoms with Crippen molar-refractivity contribution in [3.05, 3.63) is 42.5 Å². The molecule has 0 spiro atoms. The first kappa shape index (κ1) is 39.5. The van der Waals surface area contributed by atoms with Crippen molar-refractivity contribution in [2.75, 3.05) is 13.1 Å². The summed E-state index contributed by atoms with van der Waals surface area (Å²) in [5.74, 6) is -4.66. The van der Waals surface area contributed by atoms with Crippen LogP contribution in [-0.4, -0.2) is 89.0 Å². The molecule has 0 saturated heterocycles. The van der Waals surface area contributed by atoms with Gasteiger partial charge in [0.1, 0.15) is 29.9 Å². The molecule has 1 rings (SSSR count). The second kappa shape index (κ2) is 20.5. The largest absolute Gasteiger partial charge is 0.508 e. The summed E-state index contributed by atoms with van der Waals surface area (Å²) in [5.41, 5.74) is 11.7. The molecule has 0 heterocycles. The van der Waals surface area contributed by atoms with Crippen molar-refractivity contribution in [3.8, 4) is 5.75 Å². The van der Waals surface area contributed by atoms with E-state index in [1.54, 1.807) is 12.1 Å². The van der Waals surface area contributed by atoms with Crippen molar-refractivity contribution in [2.24, 2.45) is 17.4 Å². The lowest BCUT2D eigenvalue weighted by molar-refractivity contribution is -0.142. The van der Waals surface area contributed by atoms with Crippen LogP contribution < -0.4 is 38.1 Å². The number of nitrogens with two attached hydrogens (primary N) is 2. The zero-order valence-corrected chi connectivity index (χ0v) is 26.7. The third-order valence-corrected chi connectivity index (χ3v) is 6.80. The van der Waals surface area contributed by atoms with E-state index in [1.165, 1.54) is 25.1 Å². The molecule has 1 aromatic carbocycles. The molecule has 15 heteroatoms. The fraction of sp³-hybridized carbons (Fsp3) is 0.548. The first-order valence-electron chi connectivity index (χ1n) is 15.2. The Hall–Kier alpha value is -4.50. The molecule has 0 radical (unpaired) electrons. The summed E-state index contributed by atoms with van der Waals surface area (Å²) in [6.45, 7) is 8.58. The number of phenolic OH excluding ortho intramolecular Hbond substituents is 1. The number of amides is 5. The second-order valence-electron chi connectivity index (χ2n) is 11.5. The maximum Gasteiger partial charge on any atom is 0.326 e. The second-order valence-corrected chi connectivity index (χ2v) is 11.5. The molecule has 0 aromatic heterocycles. The summed E-state index contributed by atoms with van der Waals surface area (Å²) in [6, 6.07) is 0.489. The number of carboxylic acid groups (broad SMARTS) is 1. The molecular weight excluding hydrogens is 598 g/mol. The lowest BCUT2D eigenvalue weighted by Crippen LogP contribution is -2.57. The Morgan fingerprint density at radius 2 is 1.41 bits per heavy atom. The summed E-state index contributed by atoms with van der Waals surface area (Å²) >= 11 is 0. The van der Waals surface area contributed by atoms with E-state index in [0.29, 0.717) is 24.9 Å². The molecule has 0 bridgehead atoms. The van der Waals surface area contributed by atoms with E-state index in [4.69, 9.17) is 11.5 Å². The van der Waals surface area contributed by atoms with Crippen LogP contribution >= 0.6 is 0 Å². The minimum absolute atomic E-state index is 0.00397. The van der Waals surface area contributed by atoms with Gasteiger partial charge in [0.25, 0.3) is 0 Å². The molecule has 46 heavy (non-hydrogen) atoms. The molecule has 5 amide bonds. The highest BCUT2D eigenvalue weighted by atomic mass is 16.4. The van der Waals surface area contributed by atoms with Crippen LogP contribution in [0.5, 0.6) is 5.75 Å². The van der Waals surface area contributed by atoms with Gasteiger partial charge < -0.3 is 48.3 Å². The van der Waals surface area contributed by atoms with Crippen LogP contribution in [0, 0.1) is 5.92 Å². The van der Waals surface area contributed by atoms with E-state index in [1.807, 2.05) is 13.8 Å². The van der Waals surface area contributed by atoms with Crippen molar-refractivity contribution in [3.63, 3.8) is 0 Å². The SMILES string of the molecule is C=CC[C@H](NC(=O)CNC(=O)[C@H](CCCCN)NC(=O)[C@H](C)N)C(=O)N[C@@H](Cc1ccc(O)cc1)C(=O)N[C@@H](CC(C)C)C(=O)O. The smallest absolute Gasteiger partial charge is 0.326 e. The molecule has 15 nitrogen and oxygen atoms in total. The summed E-state index contributed by atoms with van der Waals surface area (Å²) in [6.07, 6.45) is 2.91. The van der Waals surface area contributed by atoms with Gasteiger partial charge in [-0.15, -0.1) is 6.58 Å². The molecule has 256 valence electrons. The fourth-order valence-corrected chi connectivity index (χ4v) is 4.31. The molecular formula is C31H49N7O8. The molecule has 0 unspecified atom stereocenters. The number of carbonyl (C=O) groups is 6. The van der Waals surface area contributed by atoms with Crippen LogP contribution in [-0.2, 0) is 35.2 Å². The number of carboxylic acids is 1. The topological polar surface area (TPSA) is 255 Å². The van der Waals surface area contributed by atoms with Gasteiger partial charge in [0.15, 0.2) is 0 Å². The van der Waals surface area contributed by atoms with E-state index < -0.39 is 72.3 Å². The Bertz CT molecular complexity index is 1190. The first-order chi connectivity index (χ1) is 21.7. The standard InChI is InChI=1S/C31H49N7O8/c1-5-8-22(35-26(40)17-34-28(42)23(9-6-7-14-32)36-27(41)19(4)33)29(43)37-24(16-20-10-12-21(39)13-11-20)30(44)38-25(31(45)46)15-18(2)3/h5,10-13,18-19,22-25,39H,1,6-9,14-17,32-33H2,2-4H3,(H,34,42)(H,35,40)(H,36,41)(H,37,43)(H,38,44)(H,45,46)/t19-,22-,23-,24-,25-/m0/s1. The average molecular weight is 648 g/mol. The Kier molecular flexibility index (Phi) is 17.6. The predicted octanol–water partition coefficient (Wildman–Crippen LogP) is -0.827. The van der Waals surface area contributed by atoms with E-state index in [-0.39, 0.29) is 37.4 Å². The summed E-state index contributed by atoms with van der Waals surface area (Å²) in [7, 11) is 0. The minimum atomic E-state index is -1.24. The first-order valence-corrected chi connectivity index (χ1v) is 15.2. The van der Waals surface area contributed by atoms with Gasteiger partial charge in [-0.2, -0.15) is 0 Å². The maximum absolute atomic E-state index is 13.3. The molecule has 5 atom stereocenters. The molecule has 0 aliphatic rings. The molecule has 0 aliphatic heterocycles. The maximum atomic E-state index is 13.3. The summed E-state index contributed by atoms with van der Waals surface area (Å²) in [5, 5.41) is 31.8. The van der Waals surface area contributed by atoms with Crippen molar-refractivity contribution in [2.45, 2.75) is 89.5 Å². The van der Waals surface area contributed by atoms with E-state index in [2.05, 4.69) is 33.2 Å². The number of phenols is 1. The van der Waals surface area contributed by atoms with Gasteiger partial charge >= 0.3 is 5.97 Å². The number of carbonyl (C=O) groups excluding carboxylic acids is 5. The molecule has 0 aliphatic carbocycles. The van der Waals surface area contributed by atoms with Crippen LogP contribution in [0.3, 0.4) is 0 Å². The predicted molar refractivity (Wildman–Crippen MR) is 171 cm³/mol. The van der Waals surface area contributed by atoms with Crippen LogP contribution in [0.25, 0.3) is 0 Å². The fourth-order valence-electron chi connectivity index (χ4n) is 4.31. The van der Waals surface area contributed by atoms with Gasteiger partial charge in [-0.25, -0.2) is 4.79 Å². The zero-order valence-electron chi connectivity index (χ0n) is 26.7. The number of rotatable bonds is 21. The quantitative estimate of drug-likeness (QED) is 0.0591. The Morgan fingerprint density at radius 3 is 1.96 bits per heavy atom. The van der Waals surface area contributed by atoms with Crippen LogP contribution in [0.2, 0.25) is 0 Å². The number of benzene rings is 1. The van der Waals surface area contributed by atoms with Crippen molar-refractivity contribution >= 4 is 35.5 Å². The number of hydrogen-bond acceptors (Lipinski definition) is 9. The Morgan fingerprint density at radius 1 is 0.826 bits per heavy atom. The van der Waals surface area contributed by atoms with Gasteiger partial charge in [-0.1, -0.05) is 32.1 Å². The van der Waals surface area contributed by atoms with Gasteiger partial charge in [0, 0.05) is 6.42 Å². The van der Waals surface area contributed by atoms with Gasteiger partial charge in [-0.05, 0) is 69.2 Å². The zero-order chi connectivity index (χ0) is 34.8. The van der Waals surface area contributed by atoms with Crippen molar-refractivity contribution in [1.82, 2.24) is 26.6 Å². The van der Waals surface area contributed by atoms with E-state index >= 15 is 0 Å². The highest BCUT2D eigenvalue weighted by molar-refractivity contribution is 5.95. The minimum Gasteiger partial charge on any atom is -0.508 e. The molecule has 0 fully saturated rings. The third kappa shape index (κ3) is 15.0. The van der Waals surface area contributed by atoms with Gasteiger partial charge in [0.05, 0.1) is 12.6 Å². The van der Waals surface area contributed by atoms with E-state index in [0.717, 1.165) is 0 Å². The molecule has 11 N–H and O–H groups in total. The summed E-state index contributed by atoms with van der Waals surface area (Å²) in [4.78, 5) is 76.0. The Labute approximate surface area is 269 Å². The number of aliphatic carboxylic acids is 1. The lowest BCUT2D eigenvalue weighted by atomic mass is 10.0. The highest BCUT2D eigenvalue weighted by Gasteiger charge is 2.30. The third-order valence-electron chi connectivity index (χ3n) is 6.80. The number of unbranched alkanes of at least 4 members (excludes halogenated alkanes) is 1.